The Morgan fingerprint density at radius 2 is 1.93 bits per heavy atom. The molecule has 0 radical (unpaired) electrons. The van der Waals surface area contributed by atoms with E-state index in [1.54, 1.807) is 31.4 Å². The van der Waals surface area contributed by atoms with Crippen LogP contribution in [0, 0.1) is 0 Å². The number of methoxy groups -OCH3 is 1. The van der Waals surface area contributed by atoms with Gasteiger partial charge in [0.15, 0.2) is 0 Å². The molecule has 0 spiro atoms. The first-order valence-electron chi connectivity index (χ1n) is 8.28. The van der Waals surface area contributed by atoms with Gasteiger partial charge < -0.3 is 21.1 Å². The molecule has 4 N–H and O–H groups in total. The first-order valence-corrected chi connectivity index (χ1v) is 9.26. The number of amides is 2. The van der Waals surface area contributed by atoms with Gasteiger partial charge in [0.05, 0.1) is 18.4 Å². The molecule has 0 fully saturated rings. The fourth-order valence-electron chi connectivity index (χ4n) is 2.22. The number of carbonyl (C=O) groups excluding carboxylic acids is 2. The summed E-state index contributed by atoms with van der Waals surface area (Å²) in [6, 6.07) is 14.4. The Morgan fingerprint density at radius 3 is 2.67 bits per heavy atom. The molecule has 8 heteroatoms. The molecule has 0 bridgehead atoms. The number of hydrogen-bond acceptors (Lipinski definition) is 5. The molecule has 6 nitrogen and oxygen atoms in total. The minimum atomic E-state index is -0.158. The van der Waals surface area contributed by atoms with Crippen molar-refractivity contribution in [2.75, 3.05) is 31.3 Å². The predicted octanol–water partition coefficient (Wildman–Crippen LogP) is 2.93. The lowest BCUT2D eigenvalue weighted by atomic mass is 10.2. The van der Waals surface area contributed by atoms with Gasteiger partial charge in [-0.15, -0.1) is 24.2 Å². The Hall–Kier alpha value is -2.22. The molecular weight excluding hydrogens is 386 g/mol. The zero-order chi connectivity index (χ0) is 18.8. The van der Waals surface area contributed by atoms with Crippen LogP contribution in [0.3, 0.4) is 0 Å². The molecule has 0 saturated heterocycles. The Bertz CT molecular complexity index is 758. The zero-order valence-electron chi connectivity index (χ0n) is 15.1. The van der Waals surface area contributed by atoms with E-state index in [0.29, 0.717) is 30.1 Å². The molecule has 0 aliphatic heterocycles. The van der Waals surface area contributed by atoms with Crippen LogP contribution in [0.25, 0.3) is 0 Å². The van der Waals surface area contributed by atoms with Crippen LogP contribution in [0.2, 0.25) is 0 Å². The van der Waals surface area contributed by atoms with Crippen molar-refractivity contribution < 1.29 is 14.3 Å². The molecule has 2 amide bonds. The minimum Gasteiger partial charge on any atom is -0.497 e. The largest absolute Gasteiger partial charge is 0.497 e. The SMILES string of the molecule is COc1cccc(NC(=O)CSc2ccccc2C(=O)NCCCN)c1.Cl. The molecule has 0 aromatic heterocycles. The molecule has 27 heavy (non-hydrogen) atoms. The van der Waals surface area contributed by atoms with Crippen molar-refractivity contribution in [2.45, 2.75) is 11.3 Å². The normalized spacial score (nSPS) is 9.85. The molecule has 2 rings (SSSR count). The van der Waals surface area contributed by atoms with E-state index in [4.69, 9.17) is 10.5 Å². The van der Waals surface area contributed by atoms with Gasteiger partial charge in [0, 0.05) is 23.2 Å². The van der Waals surface area contributed by atoms with E-state index >= 15 is 0 Å². The number of benzene rings is 2. The van der Waals surface area contributed by atoms with Gasteiger partial charge in [0.2, 0.25) is 5.91 Å². The van der Waals surface area contributed by atoms with E-state index in [2.05, 4.69) is 10.6 Å². The number of thioether (sulfide) groups is 1. The van der Waals surface area contributed by atoms with Crippen LogP contribution in [-0.4, -0.2) is 37.8 Å². The Labute approximate surface area is 169 Å². The average Bonchev–Trinajstić information content (AvgIpc) is 2.67. The summed E-state index contributed by atoms with van der Waals surface area (Å²) in [4.78, 5) is 25.2. The summed E-state index contributed by atoms with van der Waals surface area (Å²) in [6.45, 7) is 1.06. The summed E-state index contributed by atoms with van der Waals surface area (Å²) in [7, 11) is 1.58. The fourth-order valence-corrected chi connectivity index (χ4v) is 3.07. The van der Waals surface area contributed by atoms with Crippen molar-refractivity contribution in [2.24, 2.45) is 5.73 Å². The molecule has 0 unspecified atom stereocenters. The lowest BCUT2D eigenvalue weighted by Crippen LogP contribution is -2.26. The number of halogens is 1. The smallest absolute Gasteiger partial charge is 0.252 e. The molecule has 0 saturated carbocycles. The summed E-state index contributed by atoms with van der Waals surface area (Å²) in [5.74, 6) is 0.566. The first kappa shape index (κ1) is 22.8. The van der Waals surface area contributed by atoms with Gasteiger partial charge in [-0.1, -0.05) is 18.2 Å². The fraction of sp³-hybridized carbons (Fsp3) is 0.263. The topological polar surface area (TPSA) is 93.4 Å². The number of ether oxygens (including phenoxy) is 1. The third-order valence-electron chi connectivity index (χ3n) is 3.51. The van der Waals surface area contributed by atoms with Crippen LogP contribution in [0.15, 0.2) is 53.4 Å². The van der Waals surface area contributed by atoms with Crippen molar-refractivity contribution >= 4 is 41.7 Å². The van der Waals surface area contributed by atoms with Gasteiger partial charge in [-0.2, -0.15) is 0 Å². The van der Waals surface area contributed by atoms with Crippen LogP contribution in [0.5, 0.6) is 5.75 Å². The van der Waals surface area contributed by atoms with Crippen LogP contribution >= 0.6 is 24.2 Å². The third kappa shape index (κ3) is 7.50. The summed E-state index contributed by atoms with van der Waals surface area (Å²) in [6.07, 6.45) is 0.726. The van der Waals surface area contributed by atoms with Gasteiger partial charge in [0.1, 0.15) is 5.75 Å². The average molecular weight is 410 g/mol. The van der Waals surface area contributed by atoms with Crippen molar-refractivity contribution in [1.82, 2.24) is 5.32 Å². The van der Waals surface area contributed by atoms with Gasteiger partial charge >= 0.3 is 0 Å². The minimum absolute atomic E-state index is 0. The van der Waals surface area contributed by atoms with Gasteiger partial charge in [-0.25, -0.2) is 0 Å². The molecule has 0 aliphatic carbocycles. The highest BCUT2D eigenvalue weighted by molar-refractivity contribution is 8.00. The Balaban J connectivity index is 0.00000364. The molecule has 0 atom stereocenters. The number of nitrogens with two attached hydrogens (primary N) is 1. The summed E-state index contributed by atoms with van der Waals surface area (Å²) < 4.78 is 5.14. The standard InChI is InChI=1S/C19H23N3O3S.ClH/c1-25-15-7-4-6-14(12-15)22-18(23)13-26-17-9-3-2-8-16(17)19(24)21-11-5-10-20;/h2-4,6-9,12H,5,10-11,13,20H2,1H3,(H,21,24)(H,22,23);1H. The van der Waals surface area contributed by atoms with E-state index in [9.17, 15) is 9.59 Å². The van der Waals surface area contributed by atoms with E-state index in [-0.39, 0.29) is 30.0 Å². The van der Waals surface area contributed by atoms with Crippen LogP contribution < -0.4 is 21.1 Å². The Morgan fingerprint density at radius 1 is 1.15 bits per heavy atom. The summed E-state index contributed by atoms with van der Waals surface area (Å²) in [5, 5.41) is 5.66. The van der Waals surface area contributed by atoms with Gasteiger partial charge in [-0.05, 0) is 37.2 Å². The van der Waals surface area contributed by atoms with Crippen LogP contribution in [-0.2, 0) is 4.79 Å². The molecule has 0 aliphatic rings. The monoisotopic (exact) mass is 409 g/mol. The van der Waals surface area contributed by atoms with E-state index in [0.717, 1.165) is 11.3 Å². The van der Waals surface area contributed by atoms with Crippen molar-refractivity contribution in [3.63, 3.8) is 0 Å². The number of nitrogens with one attached hydrogen (secondary N) is 2. The number of hydrogen-bond donors (Lipinski definition) is 3. The van der Waals surface area contributed by atoms with Crippen molar-refractivity contribution in [3.05, 3.63) is 54.1 Å². The number of rotatable bonds is 9. The second-order valence-corrected chi connectivity index (χ2v) is 6.48. The highest BCUT2D eigenvalue weighted by atomic mass is 35.5. The maximum Gasteiger partial charge on any atom is 0.252 e. The van der Waals surface area contributed by atoms with Gasteiger partial charge in [0.25, 0.3) is 5.91 Å². The van der Waals surface area contributed by atoms with E-state index < -0.39 is 0 Å². The van der Waals surface area contributed by atoms with Crippen molar-refractivity contribution in [1.29, 1.82) is 0 Å². The zero-order valence-corrected chi connectivity index (χ0v) is 16.7. The first-order chi connectivity index (χ1) is 12.6. The molecular formula is C19H24ClN3O3S. The molecule has 2 aromatic rings. The quantitative estimate of drug-likeness (QED) is 0.437. The lowest BCUT2D eigenvalue weighted by Gasteiger charge is -2.10. The highest BCUT2D eigenvalue weighted by Gasteiger charge is 2.12. The summed E-state index contributed by atoms with van der Waals surface area (Å²) >= 11 is 1.32. The van der Waals surface area contributed by atoms with Crippen LogP contribution in [0.4, 0.5) is 5.69 Å². The maximum atomic E-state index is 12.3. The van der Waals surface area contributed by atoms with E-state index in [1.807, 2.05) is 24.3 Å². The molecule has 2 aromatic carbocycles. The second kappa shape index (κ2) is 12.2. The Kier molecular flexibility index (Phi) is 10.3. The number of carbonyl (C=O) groups is 2. The van der Waals surface area contributed by atoms with E-state index in [1.165, 1.54) is 11.8 Å². The molecule has 146 valence electrons. The predicted molar refractivity (Wildman–Crippen MR) is 112 cm³/mol. The highest BCUT2D eigenvalue weighted by Crippen LogP contribution is 2.23. The number of anilines is 1. The second-order valence-electron chi connectivity index (χ2n) is 5.46. The maximum absolute atomic E-state index is 12.3. The molecule has 0 heterocycles. The third-order valence-corrected chi connectivity index (χ3v) is 4.58. The van der Waals surface area contributed by atoms with Crippen LogP contribution in [0.1, 0.15) is 16.8 Å². The lowest BCUT2D eigenvalue weighted by molar-refractivity contribution is -0.113. The van der Waals surface area contributed by atoms with Crippen molar-refractivity contribution in [3.8, 4) is 5.75 Å². The summed E-state index contributed by atoms with van der Waals surface area (Å²) in [5.41, 5.74) is 6.67. The van der Waals surface area contributed by atoms with Gasteiger partial charge in [-0.3, -0.25) is 9.59 Å².